The first kappa shape index (κ1) is 23.6. The number of hydrogen-bond donors (Lipinski definition) is 0. The number of carbonyl (C=O) groups excluding carboxylic acids is 2. The van der Waals surface area contributed by atoms with Crippen molar-refractivity contribution >= 4 is 23.3 Å². The standard InChI is InChI=1S/C27H29N5O4/c1-35-22-7-3-19(4-8-22)24-11-12-25(29-28-24)30-13-15-31(16-14-30)27(34)20-17-26(33)32(18-20)21-5-9-23(36-2)10-6-21/h3-12,20H,13-18H2,1-2H3. The molecule has 3 aromatic rings. The monoisotopic (exact) mass is 487 g/mol. The molecule has 0 N–H and O–H groups in total. The van der Waals surface area contributed by atoms with E-state index < -0.39 is 0 Å². The molecule has 0 aliphatic carbocycles. The van der Waals surface area contributed by atoms with Gasteiger partial charge in [-0.25, -0.2) is 0 Å². The van der Waals surface area contributed by atoms with Crippen LogP contribution in [0.25, 0.3) is 11.3 Å². The fourth-order valence-electron chi connectivity index (χ4n) is 4.71. The summed E-state index contributed by atoms with van der Waals surface area (Å²) in [5.41, 5.74) is 2.56. The molecule has 0 spiro atoms. The molecule has 2 saturated heterocycles. The molecular weight excluding hydrogens is 458 g/mol. The minimum Gasteiger partial charge on any atom is -0.497 e. The summed E-state index contributed by atoms with van der Waals surface area (Å²) in [6, 6.07) is 19.0. The summed E-state index contributed by atoms with van der Waals surface area (Å²) in [6.45, 7) is 2.93. The van der Waals surface area contributed by atoms with Gasteiger partial charge < -0.3 is 24.2 Å². The summed E-state index contributed by atoms with van der Waals surface area (Å²) in [5.74, 6) is 2.02. The Hall–Kier alpha value is -4.14. The number of amides is 2. The van der Waals surface area contributed by atoms with Gasteiger partial charge in [0.25, 0.3) is 0 Å². The SMILES string of the molecule is COc1ccc(-c2ccc(N3CCN(C(=O)C4CC(=O)N(c5ccc(OC)cc5)C4)CC3)nn2)cc1. The van der Waals surface area contributed by atoms with Gasteiger partial charge in [-0.05, 0) is 60.7 Å². The molecule has 1 unspecified atom stereocenters. The molecule has 5 rings (SSSR count). The number of nitrogens with zero attached hydrogens (tertiary/aromatic N) is 5. The van der Waals surface area contributed by atoms with E-state index in [0.717, 1.165) is 34.3 Å². The largest absolute Gasteiger partial charge is 0.497 e. The molecule has 2 aromatic carbocycles. The van der Waals surface area contributed by atoms with Crippen LogP contribution in [0.4, 0.5) is 11.5 Å². The van der Waals surface area contributed by atoms with E-state index in [-0.39, 0.29) is 24.2 Å². The van der Waals surface area contributed by atoms with E-state index in [4.69, 9.17) is 9.47 Å². The van der Waals surface area contributed by atoms with E-state index in [9.17, 15) is 9.59 Å². The molecule has 0 bridgehead atoms. The number of anilines is 2. The van der Waals surface area contributed by atoms with Crippen LogP contribution in [-0.4, -0.2) is 73.9 Å². The smallest absolute Gasteiger partial charge is 0.228 e. The molecule has 0 saturated carbocycles. The van der Waals surface area contributed by atoms with Crippen molar-refractivity contribution in [2.24, 2.45) is 5.92 Å². The zero-order valence-corrected chi connectivity index (χ0v) is 20.5. The summed E-state index contributed by atoms with van der Waals surface area (Å²) in [7, 11) is 3.25. The van der Waals surface area contributed by atoms with Crippen molar-refractivity contribution in [2.45, 2.75) is 6.42 Å². The van der Waals surface area contributed by atoms with Gasteiger partial charge in [0.05, 0.1) is 25.8 Å². The van der Waals surface area contributed by atoms with E-state index in [1.807, 2.05) is 65.6 Å². The second-order valence-corrected chi connectivity index (χ2v) is 8.92. The Kier molecular flexibility index (Phi) is 6.71. The predicted molar refractivity (Wildman–Crippen MR) is 136 cm³/mol. The van der Waals surface area contributed by atoms with Gasteiger partial charge in [0, 0.05) is 50.4 Å². The minimum atomic E-state index is -0.324. The van der Waals surface area contributed by atoms with Gasteiger partial charge in [0.2, 0.25) is 11.8 Å². The maximum atomic E-state index is 13.2. The van der Waals surface area contributed by atoms with Gasteiger partial charge in [0.15, 0.2) is 5.82 Å². The van der Waals surface area contributed by atoms with E-state index in [1.54, 1.807) is 19.1 Å². The van der Waals surface area contributed by atoms with E-state index >= 15 is 0 Å². The van der Waals surface area contributed by atoms with Crippen molar-refractivity contribution in [3.05, 3.63) is 60.7 Å². The van der Waals surface area contributed by atoms with Crippen LogP contribution < -0.4 is 19.3 Å². The maximum Gasteiger partial charge on any atom is 0.228 e. The summed E-state index contributed by atoms with van der Waals surface area (Å²) >= 11 is 0. The maximum absolute atomic E-state index is 13.2. The number of piperazine rings is 1. The minimum absolute atomic E-state index is 0.0237. The van der Waals surface area contributed by atoms with Crippen molar-refractivity contribution in [3.63, 3.8) is 0 Å². The fraction of sp³-hybridized carbons (Fsp3) is 0.333. The molecule has 3 heterocycles. The molecule has 2 aliphatic rings. The number of rotatable bonds is 6. The molecule has 9 nitrogen and oxygen atoms in total. The zero-order valence-electron chi connectivity index (χ0n) is 20.5. The number of benzene rings is 2. The van der Waals surface area contributed by atoms with Gasteiger partial charge in [-0.3, -0.25) is 9.59 Å². The molecule has 36 heavy (non-hydrogen) atoms. The van der Waals surface area contributed by atoms with Crippen LogP contribution in [0.1, 0.15) is 6.42 Å². The summed E-state index contributed by atoms with van der Waals surface area (Å²) in [4.78, 5) is 31.5. The van der Waals surface area contributed by atoms with Gasteiger partial charge in [-0.2, -0.15) is 0 Å². The molecule has 2 aliphatic heterocycles. The van der Waals surface area contributed by atoms with E-state index in [2.05, 4.69) is 15.1 Å². The van der Waals surface area contributed by atoms with E-state index in [0.29, 0.717) is 32.7 Å². The second-order valence-electron chi connectivity index (χ2n) is 8.92. The van der Waals surface area contributed by atoms with Crippen LogP contribution >= 0.6 is 0 Å². The lowest BCUT2D eigenvalue weighted by Crippen LogP contribution is -2.51. The second kappa shape index (κ2) is 10.2. The lowest BCUT2D eigenvalue weighted by molar-refractivity contribution is -0.136. The molecule has 1 aromatic heterocycles. The van der Waals surface area contributed by atoms with Crippen molar-refractivity contribution in [3.8, 4) is 22.8 Å². The van der Waals surface area contributed by atoms with Gasteiger partial charge in [0.1, 0.15) is 11.5 Å². The third kappa shape index (κ3) is 4.82. The highest BCUT2D eigenvalue weighted by molar-refractivity contribution is 6.00. The lowest BCUT2D eigenvalue weighted by atomic mass is 10.1. The first-order valence-electron chi connectivity index (χ1n) is 12.0. The Labute approximate surface area is 210 Å². The molecule has 2 fully saturated rings. The Balaban J connectivity index is 1.16. The van der Waals surface area contributed by atoms with Crippen LogP contribution in [-0.2, 0) is 9.59 Å². The van der Waals surface area contributed by atoms with Gasteiger partial charge >= 0.3 is 0 Å². The van der Waals surface area contributed by atoms with Crippen LogP contribution in [0.2, 0.25) is 0 Å². The Morgan fingerprint density at radius 1 is 0.833 bits per heavy atom. The van der Waals surface area contributed by atoms with Crippen molar-refractivity contribution in [1.82, 2.24) is 15.1 Å². The Morgan fingerprint density at radius 2 is 1.47 bits per heavy atom. The fourth-order valence-corrected chi connectivity index (χ4v) is 4.71. The third-order valence-electron chi connectivity index (χ3n) is 6.81. The Morgan fingerprint density at radius 3 is 2.06 bits per heavy atom. The molecule has 2 amide bonds. The lowest BCUT2D eigenvalue weighted by Gasteiger charge is -2.36. The number of ether oxygens (including phenoxy) is 2. The number of carbonyl (C=O) groups is 2. The van der Waals surface area contributed by atoms with Gasteiger partial charge in [-0.15, -0.1) is 10.2 Å². The molecule has 0 radical (unpaired) electrons. The third-order valence-corrected chi connectivity index (χ3v) is 6.81. The Bertz CT molecular complexity index is 1210. The highest BCUT2D eigenvalue weighted by Crippen LogP contribution is 2.28. The average Bonchev–Trinajstić information content (AvgIpc) is 3.34. The topological polar surface area (TPSA) is 88.1 Å². The first-order valence-corrected chi connectivity index (χ1v) is 12.0. The van der Waals surface area contributed by atoms with Crippen LogP contribution in [0.15, 0.2) is 60.7 Å². The molecule has 186 valence electrons. The van der Waals surface area contributed by atoms with E-state index in [1.165, 1.54) is 0 Å². The number of aromatic nitrogens is 2. The number of hydrogen-bond acceptors (Lipinski definition) is 7. The molecular formula is C27H29N5O4. The van der Waals surface area contributed by atoms with Crippen LogP contribution in [0.3, 0.4) is 0 Å². The average molecular weight is 488 g/mol. The van der Waals surface area contributed by atoms with Crippen molar-refractivity contribution < 1.29 is 19.1 Å². The highest BCUT2D eigenvalue weighted by Gasteiger charge is 2.38. The predicted octanol–water partition coefficient (Wildman–Crippen LogP) is 2.86. The van der Waals surface area contributed by atoms with Crippen LogP contribution in [0, 0.1) is 5.92 Å². The van der Waals surface area contributed by atoms with Gasteiger partial charge in [-0.1, -0.05) is 0 Å². The van der Waals surface area contributed by atoms with Crippen molar-refractivity contribution in [2.75, 3.05) is 56.7 Å². The summed E-state index contributed by atoms with van der Waals surface area (Å²) < 4.78 is 10.4. The molecule has 1 atom stereocenters. The van der Waals surface area contributed by atoms with Crippen molar-refractivity contribution in [1.29, 1.82) is 0 Å². The summed E-state index contributed by atoms with van der Waals surface area (Å²) in [6.07, 6.45) is 0.239. The normalized spacial score (nSPS) is 17.9. The zero-order chi connectivity index (χ0) is 25.1. The molecule has 9 heteroatoms. The highest BCUT2D eigenvalue weighted by atomic mass is 16.5. The first-order chi connectivity index (χ1) is 17.6. The number of methoxy groups -OCH3 is 2. The van der Waals surface area contributed by atoms with Crippen LogP contribution in [0.5, 0.6) is 11.5 Å². The summed E-state index contributed by atoms with van der Waals surface area (Å²) in [5, 5.41) is 8.80. The quantitative estimate of drug-likeness (QED) is 0.528.